The average Bonchev–Trinajstić information content (AvgIpc) is 3.05. The number of hydrogen-bond acceptors (Lipinski definition) is 6. The summed E-state index contributed by atoms with van der Waals surface area (Å²) in [5.74, 6) is 0.989. The Morgan fingerprint density at radius 2 is 1.97 bits per heavy atom. The number of methoxy groups -OCH3 is 2. The van der Waals surface area contributed by atoms with Crippen LogP contribution < -0.4 is 0 Å². The van der Waals surface area contributed by atoms with Crippen LogP contribution in [0.4, 0.5) is 4.79 Å². The molecule has 5 rings (SSSR count). The van der Waals surface area contributed by atoms with Gasteiger partial charge in [0.2, 0.25) is 0 Å². The van der Waals surface area contributed by atoms with Crippen molar-refractivity contribution in [3.8, 4) is 0 Å². The predicted molar refractivity (Wildman–Crippen MR) is 151 cm³/mol. The standard InChI is InChI=1S/C30H41N5O4/c1-7-35-29(37)34-18-23-9-8-22(19-38-5)16-25(39-6)27(23)20(2)14-26(34)30(35)10-12-33(13-11-30)28(36)24-15-21(3)31-32(4)17-24/h8,14,16-17,20H,7,9-13,15,18-19H2,1-6H3/t20-/m0/s1. The van der Waals surface area contributed by atoms with Crippen LogP contribution >= 0.6 is 0 Å². The van der Waals surface area contributed by atoms with Crippen molar-refractivity contribution >= 4 is 17.6 Å². The molecule has 1 spiro atoms. The molecule has 0 unspecified atom stereocenters. The number of piperidine rings is 1. The second-order valence-corrected chi connectivity index (χ2v) is 11.2. The van der Waals surface area contributed by atoms with Gasteiger partial charge in [-0.1, -0.05) is 19.1 Å². The highest BCUT2D eigenvalue weighted by Crippen LogP contribution is 2.47. The Balaban J connectivity index is 1.43. The van der Waals surface area contributed by atoms with E-state index >= 15 is 0 Å². The van der Waals surface area contributed by atoms with E-state index in [0.717, 1.165) is 53.1 Å². The zero-order chi connectivity index (χ0) is 27.9. The predicted octanol–water partition coefficient (Wildman–Crippen LogP) is 4.04. The van der Waals surface area contributed by atoms with Gasteiger partial charge in [0.1, 0.15) is 5.76 Å². The van der Waals surface area contributed by atoms with Gasteiger partial charge < -0.3 is 19.3 Å². The Bertz CT molecular complexity index is 1230. The third-order valence-corrected chi connectivity index (χ3v) is 8.65. The Kier molecular flexibility index (Phi) is 7.46. The summed E-state index contributed by atoms with van der Waals surface area (Å²) in [5, 5.41) is 6.11. The van der Waals surface area contributed by atoms with Crippen LogP contribution in [-0.4, -0.2) is 97.0 Å². The average molecular weight is 536 g/mol. The molecule has 3 amide bonds. The quantitative estimate of drug-likeness (QED) is 0.531. The van der Waals surface area contributed by atoms with Gasteiger partial charge in [0.15, 0.2) is 0 Å². The van der Waals surface area contributed by atoms with E-state index < -0.39 is 5.54 Å². The summed E-state index contributed by atoms with van der Waals surface area (Å²) in [6.07, 6.45) is 11.1. The molecule has 210 valence electrons. The van der Waals surface area contributed by atoms with Crippen LogP contribution in [0.5, 0.6) is 0 Å². The first-order valence-electron chi connectivity index (χ1n) is 14.0. The minimum atomic E-state index is -0.412. The zero-order valence-corrected chi connectivity index (χ0v) is 24.1. The van der Waals surface area contributed by atoms with Crippen molar-refractivity contribution in [3.05, 3.63) is 58.2 Å². The maximum Gasteiger partial charge on any atom is 0.325 e. The Morgan fingerprint density at radius 3 is 2.62 bits per heavy atom. The number of allylic oxidation sites excluding steroid dienone is 3. The molecule has 39 heavy (non-hydrogen) atoms. The van der Waals surface area contributed by atoms with Crippen LogP contribution in [0.2, 0.25) is 0 Å². The molecule has 0 saturated carbocycles. The summed E-state index contributed by atoms with van der Waals surface area (Å²) in [6.45, 7) is 9.12. The highest BCUT2D eigenvalue weighted by molar-refractivity contribution is 6.00. The summed E-state index contributed by atoms with van der Waals surface area (Å²) in [5.41, 5.74) is 5.81. The van der Waals surface area contributed by atoms with Gasteiger partial charge >= 0.3 is 6.03 Å². The number of hydrazone groups is 1. The van der Waals surface area contributed by atoms with Gasteiger partial charge in [0, 0.05) is 81.4 Å². The minimum absolute atomic E-state index is 0.0567. The summed E-state index contributed by atoms with van der Waals surface area (Å²) >= 11 is 0. The third kappa shape index (κ3) is 4.71. The molecule has 0 bridgehead atoms. The molecule has 0 aromatic carbocycles. The number of likely N-dealkylation sites (tertiary alicyclic amines) is 1. The zero-order valence-electron chi connectivity index (χ0n) is 24.1. The van der Waals surface area contributed by atoms with E-state index in [9.17, 15) is 9.59 Å². The maximum absolute atomic E-state index is 13.9. The lowest BCUT2D eigenvalue weighted by Crippen LogP contribution is -2.55. The SMILES string of the molecule is CCN1C(=O)N2CC3=C(C(OC)=CC(COC)=CC3)[C@@H](C)C=C2C12CCN(C(=O)C1=CN(C)N=C(C)C1)CC2. The van der Waals surface area contributed by atoms with Gasteiger partial charge in [-0.3, -0.25) is 14.7 Å². The van der Waals surface area contributed by atoms with Gasteiger partial charge in [0.05, 0.1) is 19.3 Å². The molecular weight excluding hydrogens is 494 g/mol. The first-order valence-corrected chi connectivity index (χ1v) is 14.0. The lowest BCUT2D eigenvalue weighted by molar-refractivity contribution is -0.129. The molecule has 1 aliphatic carbocycles. The number of ether oxygens (including phenoxy) is 2. The van der Waals surface area contributed by atoms with Crippen molar-refractivity contribution < 1.29 is 19.1 Å². The Hall–Kier alpha value is -3.33. The van der Waals surface area contributed by atoms with Crippen LogP contribution in [0.25, 0.3) is 0 Å². The number of amides is 3. The number of carbonyl (C=O) groups is 2. The molecule has 4 heterocycles. The minimum Gasteiger partial charge on any atom is -0.496 e. The van der Waals surface area contributed by atoms with Crippen LogP contribution in [0.1, 0.15) is 46.5 Å². The van der Waals surface area contributed by atoms with Crippen molar-refractivity contribution in [2.24, 2.45) is 11.0 Å². The van der Waals surface area contributed by atoms with Crippen molar-refractivity contribution in [1.29, 1.82) is 0 Å². The number of hydrogen-bond donors (Lipinski definition) is 0. The molecule has 4 aliphatic heterocycles. The number of rotatable bonds is 5. The van der Waals surface area contributed by atoms with E-state index in [4.69, 9.17) is 9.47 Å². The topological polar surface area (TPSA) is 77.9 Å². The normalized spacial score (nSPS) is 24.8. The summed E-state index contributed by atoms with van der Waals surface area (Å²) < 4.78 is 11.3. The molecule has 0 aromatic rings. The van der Waals surface area contributed by atoms with Crippen LogP contribution in [0, 0.1) is 5.92 Å². The molecule has 1 atom stereocenters. The first kappa shape index (κ1) is 27.2. The lowest BCUT2D eigenvalue weighted by Gasteiger charge is -2.44. The van der Waals surface area contributed by atoms with Crippen LogP contribution in [0.15, 0.2) is 63.3 Å². The Morgan fingerprint density at radius 1 is 1.23 bits per heavy atom. The highest BCUT2D eigenvalue weighted by Gasteiger charge is 2.55. The van der Waals surface area contributed by atoms with Crippen molar-refractivity contribution in [1.82, 2.24) is 19.7 Å². The summed E-state index contributed by atoms with van der Waals surface area (Å²) in [4.78, 5) is 33.3. The van der Waals surface area contributed by atoms with E-state index in [-0.39, 0.29) is 17.9 Å². The largest absolute Gasteiger partial charge is 0.496 e. The van der Waals surface area contributed by atoms with E-state index in [0.29, 0.717) is 39.2 Å². The third-order valence-electron chi connectivity index (χ3n) is 8.65. The summed E-state index contributed by atoms with van der Waals surface area (Å²) in [7, 11) is 5.26. The number of fused-ring (bicyclic) bond motifs is 2. The fourth-order valence-corrected chi connectivity index (χ4v) is 6.96. The highest BCUT2D eigenvalue weighted by atomic mass is 16.5. The molecular formula is C30H41N5O4. The number of carbonyl (C=O) groups excluding carboxylic acids is 2. The van der Waals surface area contributed by atoms with E-state index in [1.807, 2.05) is 34.9 Å². The Labute approximate surface area is 231 Å². The second kappa shape index (κ2) is 10.7. The maximum atomic E-state index is 13.9. The van der Waals surface area contributed by atoms with Crippen LogP contribution in [-0.2, 0) is 14.3 Å². The van der Waals surface area contributed by atoms with Crippen LogP contribution in [0.3, 0.4) is 0 Å². The van der Waals surface area contributed by atoms with Gasteiger partial charge in [-0.15, -0.1) is 0 Å². The van der Waals surface area contributed by atoms with Gasteiger partial charge in [-0.25, -0.2) is 4.79 Å². The molecule has 0 N–H and O–H groups in total. The lowest BCUT2D eigenvalue weighted by atomic mass is 9.81. The number of nitrogens with zero attached hydrogens (tertiary/aromatic N) is 5. The molecule has 0 aromatic heterocycles. The smallest absolute Gasteiger partial charge is 0.325 e. The molecule has 2 saturated heterocycles. The fraction of sp³-hybridized carbons (Fsp3) is 0.567. The number of likely N-dealkylation sites (N-methyl/N-ethyl adjacent to an activating group) is 1. The first-order chi connectivity index (χ1) is 18.7. The monoisotopic (exact) mass is 535 g/mol. The fourth-order valence-electron chi connectivity index (χ4n) is 6.96. The van der Waals surface area contributed by atoms with E-state index in [1.54, 1.807) is 19.2 Å². The summed E-state index contributed by atoms with van der Waals surface area (Å²) in [6, 6.07) is 0.0567. The molecule has 9 heteroatoms. The molecule has 0 radical (unpaired) electrons. The van der Waals surface area contributed by atoms with Crippen molar-refractivity contribution in [2.75, 3.05) is 54.1 Å². The van der Waals surface area contributed by atoms with Gasteiger partial charge in [-0.2, -0.15) is 5.10 Å². The second-order valence-electron chi connectivity index (χ2n) is 11.2. The molecule has 5 aliphatic rings. The van der Waals surface area contributed by atoms with E-state index in [2.05, 4.69) is 37.2 Å². The van der Waals surface area contributed by atoms with Gasteiger partial charge in [-0.05, 0) is 50.3 Å². The van der Waals surface area contributed by atoms with E-state index in [1.165, 1.54) is 5.57 Å². The number of urea groups is 1. The molecule has 9 nitrogen and oxygen atoms in total. The van der Waals surface area contributed by atoms with Crippen molar-refractivity contribution in [3.63, 3.8) is 0 Å². The molecule has 2 fully saturated rings. The van der Waals surface area contributed by atoms with Crippen molar-refractivity contribution in [2.45, 2.75) is 52.0 Å². The van der Waals surface area contributed by atoms with Gasteiger partial charge in [0.25, 0.3) is 5.91 Å².